The zero-order valence-corrected chi connectivity index (χ0v) is 15.6. The van der Waals surface area contributed by atoms with E-state index in [9.17, 15) is 4.79 Å². The molecule has 3 N–H and O–H groups in total. The SMILES string of the molecule is Nc1cc(-c2ccccc2)sc1C(=O)N/N=C\c1cnn(-c2ccccc2)c1. The van der Waals surface area contributed by atoms with Crippen molar-refractivity contribution in [2.45, 2.75) is 0 Å². The number of benzene rings is 2. The van der Waals surface area contributed by atoms with E-state index in [1.165, 1.54) is 11.3 Å². The second-order valence-corrected chi connectivity index (χ2v) is 7.07. The summed E-state index contributed by atoms with van der Waals surface area (Å²) in [6.45, 7) is 0. The standard InChI is InChI=1S/C21H17N5OS/c22-18-11-19(16-7-3-1-4-8-16)28-20(18)21(27)25-23-12-15-13-24-26(14-15)17-9-5-2-6-10-17/h1-14H,22H2,(H,25,27)/b23-12-. The van der Waals surface area contributed by atoms with Crippen molar-refractivity contribution in [3.8, 4) is 16.1 Å². The second kappa shape index (κ2) is 7.89. The molecule has 0 spiro atoms. The number of hydrogen-bond acceptors (Lipinski definition) is 5. The number of rotatable bonds is 5. The van der Waals surface area contributed by atoms with Crippen molar-refractivity contribution >= 4 is 29.1 Å². The number of thiophene rings is 1. The predicted molar refractivity (Wildman–Crippen MR) is 113 cm³/mol. The van der Waals surface area contributed by atoms with E-state index < -0.39 is 0 Å². The molecule has 0 atom stereocenters. The fraction of sp³-hybridized carbons (Fsp3) is 0. The number of carbonyl (C=O) groups is 1. The Hall–Kier alpha value is -3.71. The Kier molecular flexibility index (Phi) is 4.99. The first kappa shape index (κ1) is 17.7. The summed E-state index contributed by atoms with van der Waals surface area (Å²) >= 11 is 1.34. The number of hydrazone groups is 1. The average molecular weight is 387 g/mol. The Bertz CT molecular complexity index is 1120. The number of anilines is 1. The van der Waals surface area contributed by atoms with E-state index in [0.29, 0.717) is 10.6 Å². The van der Waals surface area contributed by atoms with Crippen molar-refractivity contribution in [1.82, 2.24) is 15.2 Å². The molecule has 138 valence electrons. The molecule has 1 amide bonds. The zero-order valence-electron chi connectivity index (χ0n) is 14.8. The summed E-state index contributed by atoms with van der Waals surface area (Å²) in [5, 5.41) is 8.31. The quantitative estimate of drug-likeness (QED) is 0.402. The van der Waals surface area contributed by atoms with Gasteiger partial charge in [-0.15, -0.1) is 11.3 Å². The molecule has 7 heteroatoms. The molecule has 4 rings (SSSR count). The van der Waals surface area contributed by atoms with Gasteiger partial charge in [0.1, 0.15) is 4.88 Å². The smallest absolute Gasteiger partial charge is 0.283 e. The molecule has 0 aliphatic carbocycles. The number of amides is 1. The summed E-state index contributed by atoms with van der Waals surface area (Å²) in [4.78, 5) is 13.8. The van der Waals surface area contributed by atoms with Crippen molar-refractivity contribution in [1.29, 1.82) is 0 Å². The lowest BCUT2D eigenvalue weighted by atomic mass is 10.2. The van der Waals surface area contributed by atoms with Gasteiger partial charge in [0.15, 0.2) is 0 Å². The van der Waals surface area contributed by atoms with Crippen LogP contribution in [0.25, 0.3) is 16.1 Å². The van der Waals surface area contributed by atoms with Crippen LogP contribution in [0.4, 0.5) is 5.69 Å². The van der Waals surface area contributed by atoms with Gasteiger partial charge in [-0.2, -0.15) is 10.2 Å². The summed E-state index contributed by atoms with van der Waals surface area (Å²) in [5.74, 6) is -0.337. The average Bonchev–Trinajstić information content (AvgIpc) is 3.36. The largest absolute Gasteiger partial charge is 0.397 e. The Morgan fingerprint density at radius 3 is 2.57 bits per heavy atom. The molecule has 0 bridgehead atoms. The van der Waals surface area contributed by atoms with Crippen molar-refractivity contribution < 1.29 is 4.79 Å². The van der Waals surface area contributed by atoms with E-state index in [2.05, 4.69) is 15.6 Å². The number of aromatic nitrogens is 2. The van der Waals surface area contributed by atoms with Gasteiger partial charge in [0.2, 0.25) is 0 Å². The number of nitrogens with one attached hydrogen (secondary N) is 1. The molecule has 0 saturated heterocycles. The first-order valence-electron chi connectivity index (χ1n) is 8.59. The normalized spacial score (nSPS) is 11.0. The van der Waals surface area contributed by atoms with Crippen LogP contribution in [0.3, 0.4) is 0 Å². The van der Waals surface area contributed by atoms with Gasteiger partial charge in [-0.1, -0.05) is 48.5 Å². The van der Waals surface area contributed by atoms with Crippen molar-refractivity contribution in [3.63, 3.8) is 0 Å². The van der Waals surface area contributed by atoms with Crippen LogP contribution < -0.4 is 11.2 Å². The predicted octanol–water partition coefficient (Wildman–Crippen LogP) is 3.95. The first-order valence-corrected chi connectivity index (χ1v) is 9.40. The third kappa shape index (κ3) is 3.84. The topological polar surface area (TPSA) is 85.3 Å². The van der Waals surface area contributed by atoms with Crippen LogP contribution in [0.15, 0.2) is 84.2 Å². The molecule has 6 nitrogen and oxygen atoms in total. The Morgan fingerprint density at radius 1 is 1.11 bits per heavy atom. The minimum Gasteiger partial charge on any atom is -0.397 e. The molecule has 2 aromatic carbocycles. The number of nitrogen functional groups attached to an aromatic ring is 1. The van der Waals surface area contributed by atoms with Gasteiger partial charge in [0, 0.05) is 16.6 Å². The molecule has 28 heavy (non-hydrogen) atoms. The van der Waals surface area contributed by atoms with Gasteiger partial charge < -0.3 is 5.73 Å². The van der Waals surface area contributed by atoms with Crippen LogP contribution >= 0.6 is 11.3 Å². The highest BCUT2D eigenvalue weighted by molar-refractivity contribution is 7.18. The van der Waals surface area contributed by atoms with Gasteiger partial charge in [0.25, 0.3) is 5.91 Å². The van der Waals surface area contributed by atoms with Gasteiger partial charge >= 0.3 is 0 Å². The molecule has 0 unspecified atom stereocenters. The summed E-state index contributed by atoms with van der Waals surface area (Å²) in [6.07, 6.45) is 5.06. The van der Waals surface area contributed by atoms with Crippen molar-refractivity contribution in [2.24, 2.45) is 5.10 Å². The van der Waals surface area contributed by atoms with Crippen molar-refractivity contribution in [3.05, 3.63) is 89.6 Å². The molecule has 0 saturated carbocycles. The van der Waals surface area contributed by atoms with Gasteiger partial charge in [-0.3, -0.25) is 4.79 Å². The number of nitrogens with zero attached hydrogens (tertiary/aromatic N) is 3. The molecular weight excluding hydrogens is 370 g/mol. The molecule has 2 heterocycles. The van der Waals surface area contributed by atoms with Crippen LogP contribution in [-0.4, -0.2) is 21.9 Å². The Labute approximate surface area is 165 Å². The fourth-order valence-electron chi connectivity index (χ4n) is 2.67. The molecule has 4 aromatic rings. The van der Waals surface area contributed by atoms with E-state index >= 15 is 0 Å². The molecular formula is C21H17N5OS. The summed E-state index contributed by atoms with van der Waals surface area (Å²) in [7, 11) is 0. The number of carbonyl (C=O) groups excluding carboxylic acids is 1. The maximum absolute atomic E-state index is 12.4. The third-order valence-electron chi connectivity index (χ3n) is 4.03. The van der Waals surface area contributed by atoms with E-state index in [-0.39, 0.29) is 5.91 Å². The minimum absolute atomic E-state index is 0.337. The van der Waals surface area contributed by atoms with E-state index in [4.69, 9.17) is 5.73 Å². The van der Waals surface area contributed by atoms with Crippen LogP contribution in [0.2, 0.25) is 0 Å². The number of hydrogen-bond donors (Lipinski definition) is 2. The molecule has 0 aliphatic heterocycles. The van der Waals surface area contributed by atoms with Crippen molar-refractivity contribution in [2.75, 3.05) is 5.73 Å². The molecule has 0 aliphatic rings. The summed E-state index contributed by atoms with van der Waals surface area (Å²) in [5.41, 5.74) is 11.7. The Morgan fingerprint density at radius 2 is 1.82 bits per heavy atom. The lowest BCUT2D eigenvalue weighted by Gasteiger charge is -1.98. The van der Waals surface area contributed by atoms with E-state index in [1.54, 1.807) is 17.1 Å². The molecule has 2 aromatic heterocycles. The molecule has 0 fully saturated rings. The highest BCUT2D eigenvalue weighted by atomic mass is 32.1. The maximum atomic E-state index is 12.4. The van der Waals surface area contributed by atoms with Crippen LogP contribution in [0.5, 0.6) is 0 Å². The summed E-state index contributed by atoms with van der Waals surface area (Å²) < 4.78 is 1.74. The maximum Gasteiger partial charge on any atom is 0.283 e. The van der Waals surface area contributed by atoms with E-state index in [0.717, 1.165) is 21.7 Å². The lowest BCUT2D eigenvalue weighted by Crippen LogP contribution is -2.17. The fourth-order valence-corrected chi connectivity index (χ4v) is 3.64. The Balaban J connectivity index is 1.44. The van der Waals surface area contributed by atoms with E-state index in [1.807, 2.05) is 72.9 Å². The van der Waals surface area contributed by atoms with Gasteiger partial charge in [0.05, 0.1) is 23.8 Å². The monoisotopic (exact) mass is 387 g/mol. The number of nitrogens with two attached hydrogens (primary N) is 1. The first-order chi connectivity index (χ1) is 13.7. The van der Waals surface area contributed by atoms with Crippen LogP contribution in [0, 0.1) is 0 Å². The van der Waals surface area contributed by atoms with Crippen LogP contribution in [0.1, 0.15) is 15.2 Å². The number of para-hydroxylation sites is 1. The molecule has 0 radical (unpaired) electrons. The van der Waals surface area contributed by atoms with Crippen LogP contribution in [-0.2, 0) is 0 Å². The summed E-state index contributed by atoms with van der Waals surface area (Å²) in [6, 6.07) is 21.4. The highest BCUT2D eigenvalue weighted by Gasteiger charge is 2.14. The minimum atomic E-state index is -0.337. The lowest BCUT2D eigenvalue weighted by molar-refractivity contribution is 0.0960. The van der Waals surface area contributed by atoms with Gasteiger partial charge in [-0.25, -0.2) is 10.1 Å². The second-order valence-electron chi connectivity index (χ2n) is 6.01. The highest BCUT2D eigenvalue weighted by Crippen LogP contribution is 2.32. The zero-order chi connectivity index (χ0) is 19.3. The third-order valence-corrected chi connectivity index (χ3v) is 5.23. The van der Waals surface area contributed by atoms with Gasteiger partial charge in [-0.05, 0) is 23.8 Å².